The summed E-state index contributed by atoms with van der Waals surface area (Å²) in [6, 6.07) is 3.87. The van der Waals surface area contributed by atoms with Crippen LogP contribution in [0.5, 0.6) is 5.75 Å². The van der Waals surface area contributed by atoms with E-state index in [1.165, 1.54) is 19.3 Å². The molecule has 1 aliphatic carbocycles. The summed E-state index contributed by atoms with van der Waals surface area (Å²) in [6.07, 6.45) is 15.0. The van der Waals surface area contributed by atoms with E-state index in [4.69, 9.17) is 30.5 Å². The molecular formula is C35H49ClN2O6. The topological polar surface area (TPSA) is 89.6 Å². The zero-order valence-corrected chi connectivity index (χ0v) is 27.7. The largest absolute Gasteiger partial charge is 0.495 e. The van der Waals surface area contributed by atoms with Crippen molar-refractivity contribution in [2.45, 2.75) is 127 Å². The number of methoxy groups -OCH3 is 1. The molecule has 242 valence electrons. The molecule has 0 spiro atoms. The number of nitrogens with zero attached hydrogens (tertiary/aromatic N) is 1. The van der Waals surface area contributed by atoms with Gasteiger partial charge in [-0.05, 0) is 57.2 Å². The Morgan fingerprint density at radius 2 is 1.84 bits per heavy atom. The predicted octanol–water partition coefficient (Wildman–Crippen LogP) is 7.31. The van der Waals surface area contributed by atoms with Crippen molar-refractivity contribution < 1.29 is 28.5 Å². The average Bonchev–Trinajstić information content (AvgIpc) is 3.67. The maximum atomic E-state index is 14.0. The van der Waals surface area contributed by atoms with Crippen molar-refractivity contribution >= 4 is 29.3 Å². The van der Waals surface area contributed by atoms with Crippen LogP contribution in [0.3, 0.4) is 0 Å². The third kappa shape index (κ3) is 7.63. The fraction of sp³-hybridized carbons (Fsp3) is 0.657. The molecule has 5 rings (SSSR count). The molecule has 1 saturated carbocycles. The van der Waals surface area contributed by atoms with E-state index in [2.05, 4.69) is 31.3 Å². The highest BCUT2D eigenvalue weighted by Gasteiger charge is 2.63. The Bertz CT molecular complexity index is 1260. The SMILES string of the molecule is COc1cc2cc(c1Cl)N(C)C(=O)C[C@H](OC1CCCCCCC1)[C@]1(C)O[C@H]1[C@H](C)[C@@H]1CC(C/C=C/C=C(\C)C2)NC(=O)O1. The summed E-state index contributed by atoms with van der Waals surface area (Å²) in [5, 5.41) is 3.38. The highest BCUT2D eigenvalue weighted by Crippen LogP contribution is 2.49. The summed E-state index contributed by atoms with van der Waals surface area (Å²) in [5.41, 5.74) is 2.06. The lowest BCUT2D eigenvalue weighted by Gasteiger charge is -2.34. The zero-order valence-electron chi connectivity index (χ0n) is 26.9. The predicted molar refractivity (Wildman–Crippen MR) is 172 cm³/mol. The second-order valence-corrected chi connectivity index (χ2v) is 13.7. The minimum atomic E-state index is -0.682. The number of halogens is 1. The van der Waals surface area contributed by atoms with Gasteiger partial charge in [-0.2, -0.15) is 0 Å². The number of nitrogens with one attached hydrogen (secondary N) is 1. The van der Waals surface area contributed by atoms with Crippen LogP contribution in [-0.4, -0.2) is 62.2 Å². The van der Waals surface area contributed by atoms with E-state index in [0.717, 1.165) is 36.8 Å². The number of carbonyl (C=O) groups is 2. The van der Waals surface area contributed by atoms with Gasteiger partial charge in [0.05, 0.1) is 37.5 Å². The summed E-state index contributed by atoms with van der Waals surface area (Å²) in [4.78, 5) is 28.2. The van der Waals surface area contributed by atoms with Gasteiger partial charge in [0, 0.05) is 25.4 Å². The van der Waals surface area contributed by atoms with Crippen molar-refractivity contribution in [3.05, 3.63) is 46.5 Å². The highest BCUT2D eigenvalue weighted by atomic mass is 35.5. The normalized spacial score (nSPS) is 34.4. The van der Waals surface area contributed by atoms with E-state index in [1.807, 2.05) is 25.1 Å². The first kappa shape index (κ1) is 32.8. The second kappa shape index (κ2) is 14.3. The molecule has 8 nitrogen and oxygen atoms in total. The summed E-state index contributed by atoms with van der Waals surface area (Å²) >= 11 is 6.79. The number of benzene rings is 1. The number of epoxide rings is 1. The van der Waals surface area contributed by atoms with Crippen molar-refractivity contribution in [3.8, 4) is 5.75 Å². The van der Waals surface area contributed by atoms with Crippen LogP contribution in [0, 0.1) is 5.92 Å². The van der Waals surface area contributed by atoms with Gasteiger partial charge in [-0.25, -0.2) is 4.79 Å². The molecule has 9 heteroatoms. The molecule has 2 saturated heterocycles. The van der Waals surface area contributed by atoms with Gasteiger partial charge in [0.15, 0.2) is 0 Å². The fourth-order valence-corrected chi connectivity index (χ4v) is 7.43. The number of hydrogen-bond donors (Lipinski definition) is 1. The number of carbonyl (C=O) groups excluding carboxylic acids is 2. The van der Waals surface area contributed by atoms with E-state index < -0.39 is 17.8 Å². The molecule has 3 aliphatic heterocycles. The number of ether oxygens (including phenoxy) is 4. The van der Waals surface area contributed by atoms with Crippen LogP contribution < -0.4 is 15.0 Å². The number of allylic oxidation sites excluding steroid dienone is 3. The second-order valence-electron chi connectivity index (χ2n) is 13.3. The Balaban J connectivity index is 1.49. The first-order valence-electron chi connectivity index (χ1n) is 16.3. The van der Waals surface area contributed by atoms with E-state index in [0.29, 0.717) is 35.7 Å². The highest BCUT2D eigenvalue weighted by molar-refractivity contribution is 6.35. The van der Waals surface area contributed by atoms with Crippen molar-refractivity contribution in [1.29, 1.82) is 0 Å². The molecule has 2 amide bonds. The Labute approximate surface area is 267 Å². The van der Waals surface area contributed by atoms with Gasteiger partial charge in [-0.1, -0.05) is 74.4 Å². The van der Waals surface area contributed by atoms with Crippen LogP contribution in [0.2, 0.25) is 5.02 Å². The monoisotopic (exact) mass is 628 g/mol. The zero-order chi connectivity index (χ0) is 31.4. The van der Waals surface area contributed by atoms with E-state index >= 15 is 0 Å². The Morgan fingerprint density at radius 3 is 2.57 bits per heavy atom. The van der Waals surface area contributed by atoms with Gasteiger partial charge < -0.3 is 29.2 Å². The van der Waals surface area contributed by atoms with Gasteiger partial charge >= 0.3 is 6.09 Å². The Morgan fingerprint density at radius 1 is 1.11 bits per heavy atom. The molecule has 0 aromatic heterocycles. The number of anilines is 1. The van der Waals surface area contributed by atoms with Gasteiger partial charge in [-0.15, -0.1) is 0 Å². The average molecular weight is 629 g/mol. The van der Waals surface area contributed by atoms with Crippen molar-refractivity contribution in [2.75, 3.05) is 19.1 Å². The van der Waals surface area contributed by atoms with Crippen LogP contribution in [0.4, 0.5) is 10.5 Å². The number of hydrogen-bond acceptors (Lipinski definition) is 6. The number of alkyl carbamates (subject to hydrolysis) is 1. The minimum Gasteiger partial charge on any atom is -0.495 e. The molecular weight excluding hydrogens is 580 g/mol. The first-order valence-corrected chi connectivity index (χ1v) is 16.7. The third-order valence-corrected chi connectivity index (χ3v) is 10.3. The number of rotatable bonds is 3. The lowest BCUT2D eigenvalue weighted by atomic mass is 9.85. The summed E-state index contributed by atoms with van der Waals surface area (Å²) in [6.45, 7) is 6.20. The Hall–Kier alpha value is -2.55. The third-order valence-electron chi connectivity index (χ3n) is 9.91. The lowest BCUT2D eigenvalue weighted by molar-refractivity contribution is -0.125. The quantitative estimate of drug-likeness (QED) is 0.353. The van der Waals surface area contributed by atoms with Crippen LogP contribution in [-0.2, 0) is 25.4 Å². The molecule has 1 N–H and O–H groups in total. The van der Waals surface area contributed by atoms with E-state index in [9.17, 15) is 9.59 Å². The van der Waals surface area contributed by atoms with Gasteiger partial charge in [-0.3, -0.25) is 4.79 Å². The molecule has 4 bridgehead atoms. The lowest BCUT2D eigenvalue weighted by Crippen LogP contribution is -2.49. The number of amides is 2. The minimum absolute atomic E-state index is 0.0268. The molecule has 44 heavy (non-hydrogen) atoms. The molecule has 3 fully saturated rings. The molecule has 1 unspecified atom stereocenters. The molecule has 1 aromatic carbocycles. The van der Waals surface area contributed by atoms with Crippen LogP contribution in [0.25, 0.3) is 0 Å². The van der Waals surface area contributed by atoms with Crippen molar-refractivity contribution in [1.82, 2.24) is 5.32 Å². The fourth-order valence-electron chi connectivity index (χ4n) is 7.12. The smallest absolute Gasteiger partial charge is 0.407 e. The van der Waals surface area contributed by atoms with Crippen molar-refractivity contribution in [2.24, 2.45) is 5.92 Å². The number of fused-ring (bicyclic) bond motifs is 5. The first-order chi connectivity index (χ1) is 21.1. The molecule has 4 aliphatic rings. The summed E-state index contributed by atoms with van der Waals surface area (Å²) < 4.78 is 24.7. The molecule has 6 atom stereocenters. The summed E-state index contributed by atoms with van der Waals surface area (Å²) in [7, 11) is 3.35. The summed E-state index contributed by atoms with van der Waals surface area (Å²) in [5.74, 6) is 0.365. The van der Waals surface area contributed by atoms with Gasteiger partial charge in [0.25, 0.3) is 0 Å². The van der Waals surface area contributed by atoms with Crippen LogP contribution in [0.15, 0.2) is 35.9 Å². The Kier molecular flexibility index (Phi) is 10.6. The molecule has 3 heterocycles. The molecule has 0 radical (unpaired) electrons. The van der Waals surface area contributed by atoms with Crippen molar-refractivity contribution in [3.63, 3.8) is 0 Å². The maximum absolute atomic E-state index is 14.0. The van der Waals surface area contributed by atoms with Gasteiger partial charge in [0.2, 0.25) is 5.91 Å². The van der Waals surface area contributed by atoms with E-state index in [1.54, 1.807) is 19.1 Å². The van der Waals surface area contributed by atoms with Crippen LogP contribution >= 0.6 is 11.6 Å². The van der Waals surface area contributed by atoms with Crippen LogP contribution in [0.1, 0.15) is 90.5 Å². The maximum Gasteiger partial charge on any atom is 0.407 e. The molecule has 1 aromatic rings. The van der Waals surface area contributed by atoms with E-state index in [-0.39, 0.29) is 42.6 Å². The van der Waals surface area contributed by atoms with Gasteiger partial charge in [0.1, 0.15) is 22.5 Å². The standard InChI is InChI=1S/C35H49ClN2O6/c1-22-13-11-12-14-25-20-28(43-34(40)37-25)23(2)33-35(3,44-33)30(42-26-15-9-7-6-8-10-16-26)21-31(39)38(4)27-18-24(17-22)19-29(41-5)32(27)36/h11-13,18-19,23,25-26,28,30,33H,6-10,14-17,20-21H2,1-5H3,(H,37,40)/b12-11+,22-13+/t23-,25?,28+,30+,33+,35+/m1/s1.